The number of nitrogens with one attached hydrogen (secondary N) is 1. The Bertz CT molecular complexity index is 643. The molecule has 0 bridgehead atoms. The van der Waals surface area contributed by atoms with Crippen molar-refractivity contribution in [3.8, 4) is 0 Å². The van der Waals surface area contributed by atoms with Crippen LogP contribution in [0.5, 0.6) is 0 Å². The van der Waals surface area contributed by atoms with Crippen molar-refractivity contribution in [1.82, 2.24) is 0 Å². The molecule has 3 N–H and O–H groups in total. The summed E-state index contributed by atoms with van der Waals surface area (Å²) in [4.78, 5) is 12.0. The third-order valence-corrected chi connectivity index (χ3v) is 3.43. The third kappa shape index (κ3) is 4.20. The lowest BCUT2D eigenvalue weighted by molar-refractivity contribution is -0.116. The molecule has 0 saturated heterocycles. The molecule has 21 heavy (non-hydrogen) atoms. The monoisotopic (exact) mass is 306 g/mol. The van der Waals surface area contributed by atoms with Crippen molar-refractivity contribution in [3.05, 3.63) is 58.9 Å². The van der Waals surface area contributed by atoms with Crippen LogP contribution in [0.25, 0.3) is 0 Å². The van der Waals surface area contributed by atoms with E-state index in [0.717, 1.165) is 5.56 Å². The van der Waals surface area contributed by atoms with Gasteiger partial charge in [-0.3, -0.25) is 4.79 Å². The third-order valence-electron chi connectivity index (χ3n) is 3.20. The van der Waals surface area contributed by atoms with Gasteiger partial charge in [0, 0.05) is 17.1 Å². The lowest BCUT2D eigenvalue weighted by Gasteiger charge is -2.13. The molecule has 1 atom stereocenters. The standard InChI is InChI=1S/C16H16ClFN2O/c1-10(11-2-5-13(19)6-3-11)8-16(21)20-15-9-12(17)4-7-14(15)18/h2-7,9-10H,8,19H2,1H3,(H,20,21). The Balaban J connectivity index is 2.01. The molecule has 110 valence electrons. The topological polar surface area (TPSA) is 55.1 Å². The fourth-order valence-electron chi connectivity index (χ4n) is 2.02. The first-order valence-electron chi connectivity index (χ1n) is 6.56. The summed E-state index contributed by atoms with van der Waals surface area (Å²) in [7, 11) is 0. The van der Waals surface area contributed by atoms with Gasteiger partial charge in [-0.25, -0.2) is 4.39 Å². The highest BCUT2D eigenvalue weighted by atomic mass is 35.5. The number of halogens is 2. The number of hydrogen-bond donors (Lipinski definition) is 2. The van der Waals surface area contributed by atoms with Crippen LogP contribution in [0.1, 0.15) is 24.8 Å². The maximum atomic E-state index is 13.5. The maximum absolute atomic E-state index is 13.5. The molecule has 3 nitrogen and oxygen atoms in total. The number of anilines is 2. The van der Waals surface area contributed by atoms with Crippen LogP contribution in [0.2, 0.25) is 5.02 Å². The second kappa shape index (κ2) is 6.59. The molecule has 1 amide bonds. The summed E-state index contributed by atoms with van der Waals surface area (Å²) >= 11 is 5.79. The summed E-state index contributed by atoms with van der Waals surface area (Å²) in [5, 5.41) is 2.91. The first kappa shape index (κ1) is 15.3. The van der Waals surface area contributed by atoms with Crippen molar-refractivity contribution < 1.29 is 9.18 Å². The van der Waals surface area contributed by atoms with Crippen molar-refractivity contribution in [2.45, 2.75) is 19.3 Å². The molecule has 2 aromatic carbocycles. The summed E-state index contributed by atoms with van der Waals surface area (Å²) in [5.41, 5.74) is 7.40. The number of hydrogen-bond acceptors (Lipinski definition) is 2. The average Bonchev–Trinajstić information content (AvgIpc) is 2.43. The van der Waals surface area contributed by atoms with Gasteiger partial charge in [-0.05, 0) is 41.8 Å². The van der Waals surface area contributed by atoms with Crippen LogP contribution in [-0.2, 0) is 4.79 Å². The van der Waals surface area contributed by atoms with Crippen molar-refractivity contribution in [2.24, 2.45) is 0 Å². The molecule has 0 radical (unpaired) electrons. The molecule has 0 aliphatic rings. The average molecular weight is 307 g/mol. The molecule has 5 heteroatoms. The van der Waals surface area contributed by atoms with E-state index in [0.29, 0.717) is 10.7 Å². The zero-order valence-corrected chi connectivity index (χ0v) is 12.3. The minimum Gasteiger partial charge on any atom is -0.399 e. The Labute approximate surface area is 127 Å². The lowest BCUT2D eigenvalue weighted by atomic mass is 9.97. The van der Waals surface area contributed by atoms with E-state index in [2.05, 4.69) is 5.32 Å². The van der Waals surface area contributed by atoms with Gasteiger partial charge in [0.1, 0.15) is 5.82 Å². The number of nitrogens with two attached hydrogens (primary N) is 1. The van der Waals surface area contributed by atoms with Crippen LogP contribution in [0.4, 0.5) is 15.8 Å². The first-order valence-corrected chi connectivity index (χ1v) is 6.94. The van der Waals surface area contributed by atoms with Gasteiger partial charge in [0.15, 0.2) is 0 Å². The van der Waals surface area contributed by atoms with Crippen LogP contribution in [0, 0.1) is 5.82 Å². The Kier molecular flexibility index (Phi) is 4.81. The van der Waals surface area contributed by atoms with E-state index >= 15 is 0 Å². The molecule has 1 unspecified atom stereocenters. The Morgan fingerprint density at radius 3 is 2.62 bits per heavy atom. The zero-order valence-electron chi connectivity index (χ0n) is 11.6. The molecule has 0 aliphatic carbocycles. The van der Waals surface area contributed by atoms with Crippen molar-refractivity contribution in [3.63, 3.8) is 0 Å². The molecule has 0 aromatic heterocycles. The van der Waals surface area contributed by atoms with E-state index < -0.39 is 5.82 Å². The number of amides is 1. The van der Waals surface area contributed by atoms with Gasteiger partial charge < -0.3 is 11.1 Å². The highest BCUT2D eigenvalue weighted by Gasteiger charge is 2.13. The Morgan fingerprint density at radius 2 is 1.95 bits per heavy atom. The van der Waals surface area contributed by atoms with E-state index in [1.54, 1.807) is 12.1 Å². The van der Waals surface area contributed by atoms with E-state index in [1.807, 2.05) is 19.1 Å². The molecule has 0 saturated carbocycles. The minimum atomic E-state index is -0.507. The molecule has 2 aromatic rings. The summed E-state index contributed by atoms with van der Waals surface area (Å²) < 4.78 is 13.5. The van der Waals surface area contributed by atoms with Crippen LogP contribution in [0.3, 0.4) is 0 Å². The molecule has 0 fully saturated rings. The number of rotatable bonds is 4. The van der Waals surface area contributed by atoms with Crippen LogP contribution in [-0.4, -0.2) is 5.91 Å². The van der Waals surface area contributed by atoms with Gasteiger partial charge in [0.05, 0.1) is 5.69 Å². The highest BCUT2D eigenvalue weighted by Crippen LogP contribution is 2.23. The Morgan fingerprint density at radius 1 is 1.29 bits per heavy atom. The van der Waals surface area contributed by atoms with Gasteiger partial charge in [0.25, 0.3) is 0 Å². The molecular weight excluding hydrogens is 291 g/mol. The summed E-state index contributed by atoms with van der Waals surface area (Å²) in [6, 6.07) is 11.4. The van der Waals surface area contributed by atoms with Crippen molar-refractivity contribution in [2.75, 3.05) is 11.1 Å². The summed E-state index contributed by atoms with van der Waals surface area (Å²) in [5.74, 6) is -0.763. The van der Waals surface area contributed by atoms with Gasteiger partial charge >= 0.3 is 0 Å². The largest absolute Gasteiger partial charge is 0.399 e. The fraction of sp³-hybridized carbons (Fsp3) is 0.188. The second-order valence-electron chi connectivity index (χ2n) is 4.94. The van der Waals surface area contributed by atoms with E-state index in [4.69, 9.17) is 17.3 Å². The van der Waals surface area contributed by atoms with E-state index in [9.17, 15) is 9.18 Å². The summed E-state index contributed by atoms with van der Waals surface area (Å²) in [6.45, 7) is 1.93. The maximum Gasteiger partial charge on any atom is 0.225 e. The van der Waals surface area contributed by atoms with E-state index in [-0.39, 0.29) is 23.9 Å². The van der Waals surface area contributed by atoms with Crippen LogP contribution in [0.15, 0.2) is 42.5 Å². The predicted molar refractivity (Wildman–Crippen MR) is 83.9 cm³/mol. The minimum absolute atomic E-state index is 0.00726. The molecule has 0 spiro atoms. The number of benzene rings is 2. The Hall–Kier alpha value is -2.07. The predicted octanol–water partition coefficient (Wildman–Crippen LogP) is 4.19. The van der Waals surface area contributed by atoms with Gasteiger partial charge in [-0.15, -0.1) is 0 Å². The zero-order chi connectivity index (χ0) is 15.4. The fourth-order valence-corrected chi connectivity index (χ4v) is 2.19. The molecule has 0 heterocycles. The first-order chi connectivity index (χ1) is 9.95. The molecular formula is C16H16ClFN2O. The molecule has 0 aliphatic heterocycles. The quantitative estimate of drug-likeness (QED) is 0.832. The van der Waals surface area contributed by atoms with Crippen molar-refractivity contribution in [1.29, 1.82) is 0 Å². The van der Waals surface area contributed by atoms with Crippen LogP contribution >= 0.6 is 11.6 Å². The van der Waals surface area contributed by atoms with Crippen LogP contribution < -0.4 is 11.1 Å². The molecule has 2 rings (SSSR count). The number of carbonyl (C=O) groups is 1. The normalized spacial score (nSPS) is 12.0. The number of nitrogen functional groups attached to an aromatic ring is 1. The highest BCUT2D eigenvalue weighted by molar-refractivity contribution is 6.30. The lowest BCUT2D eigenvalue weighted by Crippen LogP contribution is -2.15. The van der Waals surface area contributed by atoms with E-state index in [1.165, 1.54) is 18.2 Å². The SMILES string of the molecule is CC(CC(=O)Nc1cc(Cl)ccc1F)c1ccc(N)cc1. The second-order valence-corrected chi connectivity index (χ2v) is 5.38. The van der Waals surface area contributed by atoms with Gasteiger partial charge in [-0.1, -0.05) is 30.7 Å². The number of carbonyl (C=O) groups excluding carboxylic acids is 1. The van der Waals surface area contributed by atoms with Crippen molar-refractivity contribution >= 4 is 28.9 Å². The summed E-state index contributed by atoms with van der Waals surface area (Å²) in [6.07, 6.45) is 0.246. The smallest absolute Gasteiger partial charge is 0.225 e. The van der Waals surface area contributed by atoms with Gasteiger partial charge in [0.2, 0.25) is 5.91 Å². The van der Waals surface area contributed by atoms with Gasteiger partial charge in [-0.2, -0.15) is 0 Å².